The maximum absolute atomic E-state index is 7.26. The summed E-state index contributed by atoms with van der Waals surface area (Å²) in [6.07, 6.45) is 3.54. The molecule has 0 N–H and O–H groups in total. The van der Waals surface area contributed by atoms with Crippen LogP contribution in [0.4, 0.5) is 0 Å². The molecule has 0 radical (unpaired) electrons. The summed E-state index contributed by atoms with van der Waals surface area (Å²) < 4.78 is 16.8. The van der Waals surface area contributed by atoms with E-state index in [1.54, 1.807) is 0 Å². The summed E-state index contributed by atoms with van der Waals surface area (Å²) in [7, 11) is 0. The number of nitrogens with zero attached hydrogens (tertiary/aromatic N) is 1. The highest BCUT2D eigenvalue weighted by Gasteiger charge is 2.45. The number of hydrogen-bond donors (Lipinski definition) is 0. The van der Waals surface area contributed by atoms with Crippen LogP contribution >= 0.6 is 0 Å². The van der Waals surface area contributed by atoms with Gasteiger partial charge in [0, 0.05) is 32.7 Å². The van der Waals surface area contributed by atoms with Crippen LogP contribution in [0.5, 0.6) is 23.0 Å². The van der Waals surface area contributed by atoms with Crippen molar-refractivity contribution in [3.63, 3.8) is 0 Å². The highest BCUT2D eigenvalue weighted by molar-refractivity contribution is 6.98. The molecular formula is C44H42BNO2. The second-order valence-corrected chi connectivity index (χ2v) is 17.2. The Morgan fingerprint density at radius 1 is 0.729 bits per heavy atom. The molecule has 0 fully saturated rings. The van der Waals surface area contributed by atoms with Crippen molar-refractivity contribution in [1.82, 2.24) is 4.57 Å². The first-order valence-corrected chi connectivity index (χ1v) is 17.8. The Balaban J connectivity index is 1.31. The van der Waals surface area contributed by atoms with Gasteiger partial charge in [-0.05, 0) is 120 Å². The molecule has 0 atom stereocenters. The van der Waals surface area contributed by atoms with Gasteiger partial charge in [0.2, 0.25) is 0 Å². The van der Waals surface area contributed by atoms with E-state index >= 15 is 0 Å². The fourth-order valence-electron chi connectivity index (χ4n) is 9.56. The van der Waals surface area contributed by atoms with Crippen LogP contribution in [0.3, 0.4) is 0 Å². The number of ether oxygens (including phenoxy) is 2. The minimum atomic E-state index is -0.145. The molecule has 2 aliphatic carbocycles. The zero-order valence-electron chi connectivity index (χ0n) is 29.4. The zero-order valence-corrected chi connectivity index (χ0v) is 29.4. The van der Waals surface area contributed by atoms with Gasteiger partial charge in [0.25, 0.3) is 6.71 Å². The third kappa shape index (κ3) is 3.56. The molecule has 48 heavy (non-hydrogen) atoms. The third-order valence-corrected chi connectivity index (χ3v) is 11.9. The number of rotatable bonds is 0. The largest absolute Gasteiger partial charge is 0.458 e. The SMILES string of the molecule is CC(C)(C)c1cc2c3c(c1)Oc1c(ccc4c5c6c(ccc5n(C(C)(C)C)c14)CCC6)B3c1cc3c(cc1O2)-c1ccccc1C3(C)C. The summed E-state index contributed by atoms with van der Waals surface area (Å²) in [6, 6.07) is 27.8. The molecule has 1 aromatic heterocycles. The molecule has 2 aliphatic heterocycles. The topological polar surface area (TPSA) is 23.4 Å². The molecular weight excluding hydrogens is 585 g/mol. The van der Waals surface area contributed by atoms with Gasteiger partial charge in [-0.25, -0.2) is 0 Å². The van der Waals surface area contributed by atoms with E-state index in [4.69, 9.17) is 9.47 Å². The van der Waals surface area contributed by atoms with E-state index in [2.05, 4.69) is 133 Å². The predicted molar refractivity (Wildman–Crippen MR) is 200 cm³/mol. The average Bonchev–Trinajstić information content (AvgIpc) is 3.71. The summed E-state index contributed by atoms with van der Waals surface area (Å²) in [5.74, 6) is 3.79. The molecule has 6 aromatic rings. The molecule has 0 amide bonds. The van der Waals surface area contributed by atoms with E-state index < -0.39 is 0 Å². The Kier molecular flexibility index (Phi) is 5.34. The van der Waals surface area contributed by atoms with Crippen LogP contribution in [-0.4, -0.2) is 11.3 Å². The second-order valence-electron chi connectivity index (χ2n) is 17.2. The van der Waals surface area contributed by atoms with Gasteiger partial charge in [0.05, 0.1) is 5.52 Å². The molecule has 238 valence electrons. The van der Waals surface area contributed by atoms with Crippen molar-refractivity contribution in [2.75, 3.05) is 0 Å². The molecule has 0 bridgehead atoms. The lowest BCUT2D eigenvalue weighted by Crippen LogP contribution is -2.57. The van der Waals surface area contributed by atoms with E-state index in [1.807, 2.05) is 0 Å². The molecule has 3 heterocycles. The van der Waals surface area contributed by atoms with E-state index in [1.165, 1.54) is 84.5 Å². The van der Waals surface area contributed by atoms with Gasteiger partial charge in [-0.3, -0.25) is 0 Å². The quantitative estimate of drug-likeness (QED) is 0.157. The third-order valence-electron chi connectivity index (χ3n) is 11.9. The molecule has 0 spiro atoms. The molecule has 5 aromatic carbocycles. The number of fused-ring (bicyclic) bond motifs is 13. The Labute approximate surface area is 284 Å². The zero-order chi connectivity index (χ0) is 33.1. The highest BCUT2D eigenvalue weighted by Crippen LogP contribution is 2.51. The summed E-state index contributed by atoms with van der Waals surface area (Å²) >= 11 is 0. The fraction of sp³-hybridized carbons (Fsp3) is 0.318. The molecule has 0 unspecified atom stereocenters. The van der Waals surface area contributed by atoms with Crippen molar-refractivity contribution >= 4 is 44.9 Å². The van der Waals surface area contributed by atoms with Gasteiger partial charge in [0.15, 0.2) is 0 Å². The Morgan fingerprint density at radius 2 is 1.50 bits per heavy atom. The van der Waals surface area contributed by atoms with E-state index in [-0.39, 0.29) is 23.1 Å². The maximum atomic E-state index is 7.26. The van der Waals surface area contributed by atoms with Crippen LogP contribution in [0.2, 0.25) is 0 Å². The lowest BCUT2D eigenvalue weighted by atomic mass is 9.34. The lowest BCUT2D eigenvalue weighted by Gasteiger charge is -2.36. The van der Waals surface area contributed by atoms with E-state index in [0.717, 1.165) is 34.9 Å². The predicted octanol–water partition coefficient (Wildman–Crippen LogP) is 9.37. The maximum Gasteiger partial charge on any atom is 0.260 e. The monoisotopic (exact) mass is 627 g/mol. The summed E-state index contributed by atoms with van der Waals surface area (Å²) in [5, 5.41) is 2.73. The van der Waals surface area contributed by atoms with Crippen LogP contribution in [0.15, 0.2) is 72.8 Å². The molecule has 4 aliphatic rings. The average molecular weight is 628 g/mol. The first-order chi connectivity index (χ1) is 22.8. The Hall–Kier alpha value is -4.44. The van der Waals surface area contributed by atoms with Crippen molar-refractivity contribution in [3.05, 3.63) is 101 Å². The molecule has 0 saturated heterocycles. The standard InChI is InChI=1S/C44H42BNO2/c1-42(2,3)25-20-36-39-37(21-25)48-41-32(18-17-28-38-26-14-11-12-24(26)16-19-34(38)46(40(28)41)43(4,5)6)45(39)33-23-31-29(22-35(33)47-36)27-13-9-10-15-30(27)44(31,7)8/h9-10,13,15-23H,11-12,14H2,1-8H3. The van der Waals surface area contributed by atoms with Crippen molar-refractivity contribution < 1.29 is 9.47 Å². The normalized spacial score (nSPS) is 16.5. The summed E-state index contributed by atoms with van der Waals surface area (Å²) in [5.41, 5.74) is 15.4. The van der Waals surface area contributed by atoms with Gasteiger partial charge < -0.3 is 14.0 Å². The molecule has 3 nitrogen and oxygen atoms in total. The van der Waals surface area contributed by atoms with Crippen LogP contribution in [0.25, 0.3) is 32.9 Å². The van der Waals surface area contributed by atoms with Crippen molar-refractivity contribution in [1.29, 1.82) is 0 Å². The van der Waals surface area contributed by atoms with Crippen LogP contribution in [0, 0.1) is 0 Å². The summed E-state index contributed by atoms with van der Waals surface area (Å²) in [4.78, 5) is 0. The van der Waals surface area contributed by atoms with Crippen molar-refractivity contribution in [3.8, 4) is 34.1 Å². The molecule has 0 saturated carbocycles. The second kappa shape index (κ2) is 8.97. The first kappa shape index (κ1) is 28.6. The van der Waals surface area contributed by atoms with Gasteiger partial charge in [-0.1, -0.05) is 83.1 Å². The molecule has 10 rings (SSSR count). The molecule has 4 heteroatoms. The minimum Gasteiger partial charge on any atom is -0.458 e. The van der Waals surface area contributed by atoms with Crippen LogP contribution in [-0.2, 0) is 29.2 Å². The first-order valence-electron chi connectivity index (χ1n) is 17.8. The van der Waals surface area contributed by atoms with Crippen LogP contribution in [0.1, 0.15) is 89.6 Å². The Morgan fingerprint density at radius 3 is 2.27 bits per heavy atom. The lowest BCUT2D eigenvalue weighted by molar-refractivity contribution is 0.414. The smallest absolute Gasteiger partial charge is 0.260 e. The minimum absolute atomic E-state index is 0.00266. The van der Waals surface area contributed by atoms with Gasteiger partial charge in [0.1, 0.15) is 23.0 Å². The van der Waals surface area contributed by atoms with Gasteiger partial charge in [-0.15, -0.1) is 0 Å². The fourth-order valence-corrected chi connectivity index (χ4v) is 9.56. The summed E-state index contributed by atoms with van der Waals surface area (Å²) in [6.45, 7) is 18.5. The van der Waals surface area contributed by atoms with Crippen molar-refractivity contribution in [2.24, 2.45) is 0 Å². The number of aryl methyl sites for hydroxylation is 2. The number of hydrogen-bond acceptors (Lipinski definition) is 2. The number of aromatic nitrogens is 1. The van der Waals surface area contributed by atoms with Gasteiger partial charge >= 0.3 is 0 Å². The van der Waals surface area contributed by atoms with Crippen molar-refractivity contribution in [2.45, 2.75) is 91.0 Å². The number of benzene rings is 5. The Bertz CT molecular complexity index is 2430. The highest BCUT2D eigenvalue weighted by atomic mass is 16.5. The van der Waals surface area contributed by atoms with Crippen LogP contribution < -0.4 is 25.9 Å². The van der Waals surface area contributed by atoms with E-state index in [9.17, 15) is 0 Å². The van der Waals surface area contributed by atoms with Gasteiger partial charge in [-0.2, -0.15) is 0 Å². The van der Waals surface area contributed by atoms with E-state index in [0.29, 0.717) is 0 Å².